The maximum atomic E-state index is 12.5. The van der Waals surface area contributed by atoms with Crippen molar-refractivity contribution in [3.05, 3.63) is 0 Å². The molecule has 0 saturated carbocycles. The Balaban J connectivity index is 2.19. The second kappa shape index (κ2) is 4.47. The van der Waals surface area contributed by atoms with Gasteiger partial charge >= 0.3 is 0 Å². The number of hydrogen-bond donors (Lipinski definition) is 1. The van der Waals surface area contributed by atoms with Crippen LogP contribution in [0.15, 0.2) is 0 Å². The molecule has 108 valence electrons. The summed E-state index contributed by atoms with van der Waals surface area (Å²) >= 11 is 0. The molecule has 0 aromatic carbocycles. The molecule has 0 bridgehead atoms. The van der Waals surface area contributed by atoms with Crippen molar-refractivity contribution >= 4 is 11.8 Å². The first kappa shape index (κ1) is 14.3. The fourth-order valence-corrected chi connectivity index (χ4v) is 2.74. The number of rotatable bonds is 2. The highest BCUT2D eigenvalue weighted by atomic mass is 16.5. The monoisotopic (exact) mass is 268 g/mol. The zero-order valence-electron chi connectivity index (χ0n) is 12.4. The van der Waals surface area contributed by atoms with Gasteiger partial charge in [0.1, 0.15) is 11.1 Å². The molecule has 2 atom stereocenters. The molecule has 2 unspecified atom stereocenters. The van der Waals surface area contributed by atoms with E-state index in [9.17, 15) is 9.59 Å². The number of hydrogen-bond acceptors (Lipinski definition) is 3. The van der Waals surface area contributed by atoms with E-state index in [-0.39, 0.29) is 24.0 Å². The third-order valence-electron chi connectivity index (χ3n) is 4.14. The van der Waals surface area contributed by atoms with Crippen LogP contribution in [0.4, 0.5) is 0 Å². The summed E-state index contributed by atoms with van der Waals surface area (Å²) in [5.74, 6) is -0.150. The average molecular weight is 268 g/mol. The van der Waals surface area contributed by atoms with Crippen LogP contribution in [-0.4, -0.2) is 46.5 Å². The van der Waals surface area contributed by atoms with Gasteiger partial charge in [0.2, 0.25) is 11.8 Å². The molecule has 2 rings (SSSR count). The van der Waals surface area contributed by atoms with E-state index in [2.05, 4.69) is 5.32 Å². The number of ether oxygens (including phenoxy) is 1. The van der Waals surface area contributed by atoms with Crippen molar-refractivity contribution in [2.45, 2.75) is 70.7 Å². The van der Waals surface area contributed by atoms with E-state index in [4.69, 9.17) is 4.74 Å². The topological polar surface area (TPSA) is 58.6 Å². The number of amides is 2. The number of carbonyl (C=O) groups excluding carboxylic acids is 2. The Morgan fingerprint density at radius 1 is 1.26 bits per heavy atom. The number of piperazine rings is 1. The predicted octanol–water partition coefficient (Wildman–Crippen LogP) is 1.07. The summed E-state index contributed by atoms with van der Waals surface area (Å²) in [7, 11) is 0. The minimum atomic E-state index is -0.836. The highest BCUT2D eigenvalue weighted by Gasteiger charge is 2.50. The van der Waals surface area contributed by atoms with Crippen molar-refractivity contribution in [2.24, 2.45) is 0 Å². The van der Waals surface area contributed by atoms with Crippen LogP contribution in [0.1, 0.15) is 47.5 Å². The summed E-state index contributed by atoms with van der Waals surface area (Å²) in [6.07, 6.45) is 2.25. The van der Waals surface area contributed by atoms with Gasteiger partial charge in [0.15, 0.2) is 0 Å². The van der Waals surface area contributed by atoms with E-state index in [1.54, 1.807) is 32.6 Å². The van der Waals surface area contributed by atoms with Gasteiger partial charge in [0, 0.05) is 6.54 Å². The van der Waals surface area contributed by atoms with Gasteiger partial charge in [-0.05, 0) is 47.5 Å². The third-order valence-corrected chi connectivity index (χ3v) is 4.14. The number of nitrogens with one attached hydrogen (secondary N) is 1. The first-order valence-electron chi connectivity index (χ1n) is 6.95. The van der Waals surface area contributed by atoms with Gasteiger partial charge in [0.25, 0.3) is 0 Å². The summed E-state index contributed by atoms with van der Waals surface area (Å²) in [5.41, 5.74) is -1.65. The highest BCUT2D eigenvalue weighted by molar-refractivity contribution is 6.01. The Bertz CT molecular complexity index is 403. The minimum Gasteiger partial charge on any atom is -0.373 e. The zero-order valence-corrected chi connectivity index (χ0v) is 12.4. The molecule has 0 radical (unpaired) electrons. The van der Waals surface area contributed by atoms with Gasteiger partial charge < -0.3 is 15.0 Å². The summed E-state index contributed by atoms with van der Waals surface area (Å²) in [5, 5.41) is 2.79. The van der Waals surface area contributed by atoms with Crippen molar-refractivity contribution in [3.8, 4) is 0 Å². The molecule has 19 heavy (non-hydrogen) atoms. The largest absolute Gasteiger partial charge is 0.373 e. The molecule has 2 amide bonds. The molecule has 5 nitrogen and oxygen atoms in total. The maximum absolute atomic E-state index is 12.5. The molecule has 0 aliphatic carbocycles. The Hall–Kier alpha value is -1.10. The Kier molecular flexibility index (Phi) is 3.37. The van der Waals surface area contributed by atoms with Crippen molar-refractivity contribution in [1.82, 2.24) is 10.2 Å². The van der Waals surface area contributed by atoms with Crippen molar-refractivity contribution in [1.29, 1.82) is 0 Å². The Morgan fingerprint density at radius 3 is 2.42 bits per heavy atom. The molecule has 0 aromatic rings. The van der Waals surface area contributed by atoms with Crippen molar-refractivity contribution in [2.75, 3.05) is 6.54 Å². The second-order valence-electron chi connectivity index (χ2n) is 6.70. The van der Waals surface area contributed by atoms with Gasteiger partial charge in [-0.3, -0.25) is 9.59 Å². The van der Waals surface area contributed by atoms with Gasteiger partial charge in [0.05, 0.1) is 12.2 Å². The first-order chi connectivity index (χ1) is 8.64. The minimum absolute atomic E-state index is 0.0414. The van der Waals surface area contributed by atoms with Crippen molar-refractivity contribution in [3.63, 3.8) is 0 Å². The predicted molar refractivity (Wildman–Crippen MR) is 71.6 cm³/mol. The molecule has 0 aromatic heterocycles. The van der Waals surface area contributed by atoms with E-state index in [1.165, 1.54) is 0 Å². The summed E-state index contributed by atoms with van der Waals surface area (Å²) in [6, 6.07) is 0. The molecule has 2 aliphatic rings. The second-order valence-corrected chi connectivity index (χ2v) is 6.70. The van der Waals surface area contributed by atoms with Gasteiger partial charge in [-0.1, -0.05) is 0 Å². The SMILES string of the molecule is CC1CCC(CN2C(=O)C(C)(C)NC(=O)C2(C)C)O1. The normalized spacial score (nSPS) is 33.4. The van der Waals surface area contributed by atoms with Crippen LogP contribution in [0.5, 0.6) is 0 Å². The quantitative estimate of drug-likeness (QED) is 0.815. The summed E-state index contributed by atoms with van der Waals surface area (Å²) in [4.78, 5) is 26.4. The molecule has 0 spiro atoms. The number of carbonyl (C=O) groups is 2. The van der Waals surface area contributed by atoms with Crippen molar-refractivity contribution < 1.29 is 14.3 Å². The van der Waals surface area contributed by atoms with E-state index >= 15 is 0 Å². The maximum Gasteiger partial charge on any atom is 0.248 e. The van der Waals surface area contributed by atoms with Gasteiger partial charge in [-0.25, -0.2) is 0 Å². The van der Waals surface area contributed by atoms with Crippen LogP contribution in [-0.2, 0) is 14.3 Å². The van der Waals surface area contributed by atoms with Crippen LogP contribution < -0.4 is 5.32 Å². The van der Waals surface area contributed by atoms with Crippen LogP contribution in [0.2, 0.25) is 0 Å². The zero-order chi connectivity index (χ0) is 14.4. The average Bonchev–Trinajstić information content (AvgIpc) is 2.68. The molecular weight excluding hydrogens is 244 g/mol. The van der Waals surface area contributed by atoms with Crippen LogP contribution in [0.3, 0.4) is 0 Å². The van der Waals surface area contributed by atoms with E-state index in [0.717, 1.165) is 12.8 Å². The smallest absolute Gasteiger partial charge is 0.248 e. The molecule has 2 fully saturated rings. The van der Waals surface area contributed by atoms with E-state index in [0.29, 0.717) is 6.54 Å². The molecule has 2 heterocycles. The molecule has 2 saturated heterocycles. The lowest BCUT2D eigenvalue weighted by molar-refractivity contribution is -0.161. The molecule has 5 heteroatoms. The van der Waals surface area contributed by atoms with Gasteiger partial charge in [-0.2, -0.15) is 0 Å². The van der Waals surface area contributed by atoms with Crippen LogP contribution in [0, 0.1) is 0 Å². The first-order valence-corrected chi connectivity index (χ1v) is 6.95. The lowest BCUT2D eigenvalue weighted by atomic mass is 9.89. The Morgan fingerprint density at radius 2 is 1.89 bits per heavy atom. The fraction of sp³-hybridized carbons (Fsp3) is 0.857. The molecule has 1 N–H and O–H groups in total. The lowest BCUT2D eigenvalue weighted by Gasteiger charge is -2.48. The Labute approximate surface area is 114 Å². The number of nitrogens with zero attached hydrogens (tertiary/aromatic N) is 1. The lowest BCUT2D eigenvalue weighted by Crippen LogP contribution is -2.73. The molecular formula is C14H24N2O3. The van der Waals surface area contributed by atoms with Gasteiger partial charge in [-0.15, -0.1) is 0 Å². The van der Waals surface area contributed by atoms with E-state index < -0.39 is 11.1 Å². The molecule has 2 aliphatic heterocycles. The summed E-state index contributed by atoms with van der Waals surface area (Å²) < 4.78 is 5.78. The van der Waals surface area contributed by atoms with E-state index in [1.807, 2.05) is 6.92 Å². The third kappa shape index (κ3) is 2.48. The van der Waals surface area contributed by atoms with Crippen LogP contribution in [0.25, 0.3) is 0 Å². The highest BCUT2D eigenvalue weighted by Crippen LogP contribution is 2.29. The summed E-state index contributed by atoms with van der Waals surface area (Å²) in [6.45, 7) is 9.59. The van der Waals surface area contributed by atoms with Crippen LogP contribution >= 0.6 is 0 Å². The standard InChI is InChI=1S/C14H24N2O3/c1-9-6-7-10(19-9)8-16-12(18)13(2,3)15-11(17)14(16,4)5/h9-10H,6-8H2,1-5H3,(H,15,17). The fourth-order valence-electron chi connectivity index (χ4n) is 2.74.